The number of hydrogen-bond donors (Lipinski definition) is 1. The van der Waals surface area contributed by atoms with Crippen LogP contribution < -0.4 is 20.1 Å². The zero-order valence-corrected chi connectivity index (χ0v) is 12.5. The first-order valence-electron chi connectivity index (χ1n) is 6.90. The van der Waals surface area contributed by atoms with Gasteiger partial charge in [0, 0.05) is 12.2 Å². The summed E-state index contributed by atoms with van der Waals surface area (Å²) in [6.07, 6.45) is 2.61. The second kappa shape index (κ2) is 7.50. The number of ether oxygens (including phenoxy) is 2. The minimum absolute atomic E-state index is 0.642. The molecule has 1 aromatic carbocycles. The van der Waals surface area contributed by atoms with Gasteiger partial charge >= 0.3 is 0 Å². The van der Waals surface area contributed by atoms with Crippen LogP contribution in [-0.2, 0) is 0 Å². The number of benzene rings is 1. The molecule has 2 N–H and O–H groups in total. The molecule has 0 saturated heterocycles. The molecule has 2 aromatic rings. The Bertz CT molecular complexity index is 493. The lowest BCUT2D eigenvalue weighted by molar-refractivity contribution is 0.413. The fraction of sp³-hybridized carbons (Fsp3) is 0.312. The van der Waals surface area contributed by atoms with Crippen molar-refractivity contribution in [3.05, 3.63) is 42.6 Å². The molecule has 0 unspecified atom stereocenters. The molecule has 2 rings (SSSR count). The van der Waals surface area contributed by atoms with E-state index in [1.807, 2.05) is 36.4 Å². The number of aromatic nitrogens is 1. The van der Waals surface area contributed by atoms with Gasteiger partial charge in [0.15, 0.2) is 0 Å². The second-order valence-electron chi connectivity index (χ2n) is 4.55. The maximum atomic E-state index is 5.64. The fourth-order valence-electron chi connectivity index (χ4n) is 2.04. The van der Waals surface area contributed by atoms with Gasteiger partial charge in [0.1, 0.15) is 17.3 Å². The van der Waals surface area contributed by atoms with Crippen LogP contribution in [-0.4, -0.2) is 32.3 Å². The number of rotatable bonds is 7. The monoisotopic (exact) mass is 287 g/mol. The fourth-order valence-corrected chi connectivity index (χ4v) is 2.04. The first kappa shape index (κ1) is 15.1. The van der Waals surface area contributed by atoms with Crippen LogP contribution >= 0.6 is 0 Å². The van der Waals surface area contributed by atoms with E-state index >= 15 is 0 Å². The van der Waals surface area contributed by atoms with Crippen LogP contribution in [0.15, 0.2) is 42.6 Å². The highest BCUT2D eigenvalue weighted by molar-refractivity contribution is 5.61. The van der Waals surface area contributed by atoms with Crippen molar-refractivity contribution in [3.8, 4) is 11.5 Å². The predicted molar refractivity (Wildman–Crippen MR) is 84.5 cm³/mol. The van der Waals surface area contributed by atoms with Crippen molar-refractivity contribution < 1.29 is 9.47 Å². The van der Waals surface area contributed by atoms with Crippen molar-refractivity contribution in [1.82, 2.24) is 4.98 Å². The summed E-state index contributed by atoms with van der Waals surface area (Å²) in [5, 5.41) is 0. The highest BCUT2D eigenvalue weighted by Crippen LogP contribution is 2.26. The Hall–Kier alpha value is -2.27. The normalized spacial score (nSPS) is 10.2. The van der Waals surface area contributed by atoms with Gasteiger partial charge in [-0.1, -0.05) is 0 Å². The average Bonchev–Trinajstić information content (AvgIpc) is 2.56. The first-order valence-corrected chi connectivity index (χ1v) is 6.90. The Morgan fingerprint density at radius 1 is 1.00 bits per heavy atom. The molecule has 0 spiro atoms. The van der Waals surface area contributed by atoms with Crippen molar-refractivity contribution in [1.29, 1.82) is 0 Å². The molecule has 0 bridgehead atoms. The van der Waals surface area contributed by atoms with Crippen molar-refractivity contribution in [2.45, 2.75) is 6.42 Å². The molecular weight excluding hydrogens is 266 g/mol. The summed E-state index contributed by atoms with van der Waals surface area (Å²) in [4.78, 5) is 6.58. The Labute approximate surface area is 125 Å². The van der Waals surface area contributed by atoms with Gasteiger partial charge in [-0.2, -0.15) is 0 Å². The zero-order valence-electron chi connectivity index (χ0n) is 12.5. The largest absolute Gasteiger partial charge is 0.497 e. The van der Waals surface area contributed by atoms with Crippen molar-refractivity contribution >= 4 is 11.5 Å². The molecule has 0 saturated carbocycles. The Kier molecular flexibility index (Phi) is 5.40. The molecule has 0 amide bonds. The molecule has 0 radical (unpaired) electrons. The minimum atomic E-state index is 0.642. The highest BCUT2D eigenvalue weighted by atomic mass is 16.5. The summed E-state index contributed by atoms with van der Waals surface area (Å²) < 4.78 is 10.3. The lowest BCUT2D eigenvalue weighted by atomic mass is 10.2. The summed E-state index contributed by atoms with van der Waals surface area (Å²) in [5.74, 6) is 2.45. The van der Waals surface area contributed by atoms with Gasteiger partial charge < -0.3 is 20.1 Å². The molecule has 5 nitrogen and oxygen atoms in total. The SMILES string of the molecule is COc1ccc(N(CCCN)c2ccc(OC)cn2)cc1. The summed E-state index contributed by atoms with van der Waals surface area (Å²) in [7, 11) is 3.29. The van der Waals surface area contributed by atoms with E-state index in [1.54, 1.807) is 20.4 Å². The predicted octanol–water partition coefficient (Wildman–Crippen LogP) is 2.59. The van der Waals surface area contributed by atoms with Gasteiger partial charge in [-0.05, 0) is 49.4 Å². The lowest BCUT2D eigenvalue weighted by Gasteiger charge is -2.24. The van der Waals surface area contributed by atoms with Gasteiger partial charge in [-0.15, -0.1) is 0 Å². The van der Waals surface area contributed by atoms with E-state index in [1.165, 1.54) is 0 Å². The lowest BCUT2D eigenvalue weighted by Crippen LogP contribution is -2.21. The van der Waals surface area contributed by atoms with Crippen molar-refractivity contribution in [2.24, 2.45) is 5.73 Å². The van der Waals surface area contributed by atoms with E-state index in [4.69, 9.17) is 15.2 Å². The van der Waals surface area contributed by atoms with E-state index < -0.39 is 0 Å². The molecule has 0 aliphatic rings. The van der Waals surface area contributed by atoms with Gasteiger partial charge in [0.05, 0.1) is 20.4 Å². The van der Waals surface area contributed by atoms with Gasteiger partial charge in [0.2, 0.25) is 0 Å². The molecule has 0 aliphatic carbocycles. The van der Waals surface area contributed by atoms with Crippen LogP contribution in [0.3, 0.4) is 0 Å². The summed E-state index contributed by atoms with van der Waals surface area (Å²) in [6.45, 7) is 1.45. The van der Waals surface area contributed by atoms with E-state index in [-0.39, 0.29) is 0 Å². The van der Waals surface area contributed by atoms with E-state index in [0.29, 0.717) is 6.54 Å². The van der Waals surface area contributed by atoms with Crippen LogP contribution in [0.1, 0.15) is 6.42 Å². The molecule has 5 heteroatoms. The molecule has 0 fully saturated rings. The van der Waals surface area contributed by atoms with Crippen molar-refractivity contribution in [2.75, 3.05) is 32.2 Å². The smallest absolute Gasteiger partial charge is 0.137 e. The highest BCUT2D eigenvalue weighted by Gasteiger charge is 2.10. The number of hydrogen-bond acceptors (Lipinski definition) is 5. The number of nitrogens with zero attached hydrogens (tertiary/aromatic N) is 2. The number of methoxy groups -OCH3 is 2. The van der Waals surface area contributed by atoms with Crippen LogP contribution in [0.5, 0.6) is 11.5 Å². The quantitative estimate of drug-likeness (QED) is 0.848. The number of pyridine rings is 1. The molecule has 0 atom stereocenters. The van der Waals surface area contributed by atoms with Crippen LogP contribution in [0.25, 0.3) is 0 Å². The molecular formula is C16H21N3O2. The topological polar surface area (TPSA) is 60.6 Å². The number of anilines is 2. The third kappa shape index (κ3) is 3.86. The molecule has 1 aromatic heterocycles. The zero-order chi connectivity index (χ0) is 15.1. The van der Waals surface area contributed by atoms with Gasteiger partial charge in [-0.25, -0.2) is 4.98 Å². The first-order chi connectivity index (χ1) is 10.3. The average molecular weight is 287 g/mol. The molecule has 0 aliphatic heterocycles. The van der Waals surface area contributed by atoms with E-state index in [9.17, 15) is 0 Å². The van der Waals surface area contributed by atoms with E-state index in [2.05, 4.69) is 9.88 Å². The Morgan fingerprint density at radius 2 is 1.67 bits per heavy atom. The third-order valence-electron chi connectivity index (χ3n) is 3.20. The summed E-state index contributed by atoms with van der Waals surface area (Å²) in [5.41, 5.74) is 6.69. The van der Waals surface area contributed by atoms with Crippen LogP contribution in [0, 0.1) is 0 Å². The summed E-state index contributed by atoms with van der Waals surface area (Å²) >= 11 is 0. The van der Waals surface area contributed by atoms with Crippen LogP contribution in [0.2, 0.25) is 0 Å². The second-order valence-corrected chi connectivity index (χ2v) is 4.55. The maximum Gasteiger partial charge on any atom is 0.137 e. The Balaban J connectivity index is 2.26. The van der Waals surface area contributed by atoms with E-state index in [0.717, 1.165) is 36.0 Å². The molecule has 1 heterocycles. The molecule has 112 valence electrons. The Morgan fingerprint density at radius 3 is 2.19 bits per heavy atom. The maximum absolute atomic E-state index is 5.64. The molecule has 21 heavy (non-hydrogen) atoms. The van der Waals surface area contributed by atoms with Crippen LogP contribution in [0.4, 0.5) is 11.5 Å². The standard InChI is InChI=1S/C16H21N3O2/c1-20-14-6-4-13(5-7-14)19(11-3-10-17)16-9-8-15(21-2)12-18-16/h4-9,12H,3,10-11,17H2,1-2H3. The third-order valence-corrected chi connectivity index (χ3v) is 3.20. The number of nitrogens with two attached hydrogens (primary N) is 1. The van der Waals surface area contributed by atoms with Gasteiger partial charge in [0.25, 0.3) is 0 Å². The van der Waals surface area contributed by atoms with Crippen molar-refractivity contribution in [3.63, 3.8) is 0 Å². The van der Waals surface area contributed by atoms with Gasteiger partial charge in [-0.3, -0.25) is 0 Å². The summed E-state index contributed by atoms with van der Waals surface area (Å²) in [6, 6.07) is 11.8. The minimum Gasteiger partial charge on any atom is -0.497 e.